The van der Waals surface area contributed by atoms with Gasteiger partial charge in [0, 0.05) is 6.42 Å². The summed E-state index contributed by atoms with van der Waals surface area (Å²) >= 11 is 4.81. The molecule has 136 valence electrons. The first-order valence-corrected chi connectivity index (χ1v) is 8.65. The van der Waals surface area contributed by atoms with Crippen molar-refractivity contribution in [1.29, 1.82) is 0 Å². The molecule has 0 amide bonds. The molecular weight excluding hydrogens is 342 g/mol. The maximum atomic E-state index is 13.4. The smallest absolute Gasteiger partial charge is 0.292 e. The highest BCUT2D eigenvalue weighted by Crippen LogP contribution is 2.42. The number of nitrogens with zero attached hydrogens (tertiary/aromatic N) is 3. The van der Waals surface area contributed by atoms with Gasteiger partial charge in [-0.2, -0.15) is 9.84 Å². The number of nitrogens with one attached hydrogen (secondary N) is 1. The average Bonchev–Trinajstić information content (AvgIpc) is 3.02. The normalized spacial score (nSPS) is 28.1. The van der Waals surface area contributed by atoms with Crippen LogP contribution in [-0.2, 0) is 0 Å². The lowest BCUT2D eigenvalue weighted by molar-refractivity contribution is -0.568. The molecule has 4 N–H and O–H groups in total. The molecule has 9 heteroatoms. The Bertz CT molecular complexity index is 770. The summed E-state index contributed by atoms with van der Waals surface area (Å²) in [5.74, 6) is 1.14. The summed E-state index contributed by atoms with van der Waals surface area (Å²) in [4.78, 5) is 0. The highest BCUT2D eigenvalue weighted by molar-refractivity contribution is 7.80. The number of hydroxylamine groups is 3. The topological polar surface area (TPSA) is 113 Å². The van der Waals surface area contributed by atoms with Crippen LogP contribution in [0, 0.1) is 12.1 Å². The van der Waals surface area contributed by atoms with E-state index in [1.807, 2.05) is 6.92 Å². The van der Waals surface area contributed by atoms with E-state index in [0.29, 0.717) is 35.8 Å². The first-order valence-electron chi connectivity index (χ1n) is 8.24. The Kier molecular flexibility index (Phi) is 4.34. The first-order chi connectivity index (χ1) is 11.7. The van der Waals surface area contributed by atoms with Gasteiger partial charge in [0.15, 0.2) is 10.9 Å². The van der Waals surface area contributed by atoms with Crippen LogP contribution in [-0.4, -0.2) is 42.7 Å². The Balaban J connectivity index is 2.18. The van der Waals surface area contributed by atoms with Gasteiger partial charge >= 0.3 is 0 Å². The van der Waals surface area contributed by atoms with E-state index in [1.165, 1.54) is 0 Å². The predicted octanol–water partition coefficient (Wildman–Crippen LogP) is 1.83. The minimum atomic E-state index is -1.30. The monoisotopic (exact) mass is 365 g/mol. The highest BCUT2D eigenvalue weighted by Gasteiger charge is 2.66. The van der Waals surface area contributed by atoms with Crippen LogP contribution in [0.3, 0.4) is 0 Å². The fourth-order valence-corrected chi connectivity index (χ4v) is 3.81. The summed E-state index contributed by atoms with van der Waals surface area (Å²) in [7, 11) is 0. The van der Waals surface area contributed by atoms with Crippen molar-refractivity contribution in [2.24, 2.45) is 10.8 Å². The van der Waals surface area contributed by atoms with Gasteiger partial charge in [-0.15, -0.1) is 5.06 Å². The molecule has 0 saturated heterocycles. The van der Waals surface area contributed by atoms with E-state index in [-0.39, 0.29) is 5.11 Å². The van der Waals surface area contributed by atoms with Crippen molar-refractivity contribution in [2.45, 2.75) is 57.7 Å². The van der Waals surface area contributed by atoms with E-state index in [1.54, 1.807) is 26.0 Å². The Hall–Kier alpha value is -1.97. The van der Waals surface area contributed by atoms with Crippen molar-refractivity contribution in [3.8, 4) is 0 Å². The van der Waals surface area contributed by atoms with Crippen LogP contribution in [0.2, 0.25) is 0 Å². The minimum Gasteiger partial charge on any atom is -0.622 e. The van der Waals surface area contributed by atoms with Gasteiger partial charge in [-0.3, -0.25) is 5.43 Å². The molecule has 0 bridgehead atoms. The molecule has 1 aromatic rings. The van der Waals surface area contributed by atoms with E-state index in [2.05, 4.69) is 10.5 Å². The summed E-state index contributed by atoms with van der Waals surface area (Å²) in [5, 5.41) is 29.8. The number of hydrogen-bond acceptors (Lipinski definition) is 6. The van der Waals surface area contributed by atoms with Crippen molar-refractivity contribution in [3.05, 3.63) is 28.9 Å². The zero-order chi connectivity index (χ0) is 18.4. The van der Waals surface area contributed by atoms with Crippen molar-refractivity contribution in [1.82, 2.24) is 10.5 Å². The third kappa shape index (κ3) is 2.62. The van der Waals surface area contributed by atoms with E-state index in [4.69, 9.17) is 22.4 Å². The largest absolute Gasteiger partial charge is 0.622 e. The lowest BCUT2D eigenvalue weighted by Crippen LogP contribution is -2.61. The summed E-state index contributed by atoms with van der Waals surface area (Å²) in [6.07, 6.45) is 2.67. The van der Waals surface area contributed by atoms with E-state index in [9.17, 15) is 10.4 Å². The number of thiocarbonyl (C=S) groups is 1. The Labute approximate surface area is 151 Å². The SMILES string of the molecule is Cc1ccc(C2=[N+]([O-])[C@@]3(CCCC/C3=N/NC(N)=S)N(O)C2(C)C)o1. The van der Waals surface area contributed by atoms with Crippen LogP contribution in [0.4, 0.5) is 0 Å². The lowest BCUT2D eigenvalue weighted by Gasteiger charge is -2.38. The van der Waals surface area contributed by atoms with E-state index < -0.39 is 11.2 Å². The molecule has 1 aliphatic heterocycles. The molecule has 3 rings (SSSR count). The van der Waals surface area contributed by atoms with Gasteiger partial charge in [-0.25, -0.2) is 0 Å². The lowest BCUT2D eigenvalue weighted by atomic mass is 9.86. The fraction of sp³-hybridized carbons (Fsp3) is 0.562. The molecule has 1 aromatic heterocycles. The molecule has 0 aromatic carbocycles. The van der Waals surface area contributed by atoms with Gasteiger partial charge in [-0.1, -0.05) is 0 Å². The van der Waals surface area contributed by atoms with Gasteiger partial charge in [0.1, 0.15) is 17.0 Å². The molecule has 2 aliphatic rings. The van der Waals surface area contributed by atoms with Crippen LogP contribution in [0.1, 0.15) is 51.1 Å². The van der Waals surface area contributed by atoms with Gasteiger partial charge < -0.3 is 20.6 Å². The third-order valence-corrected chi connectivity index (χ3v) is 5.02. The summed E-state index contributed by atoms with van der Waals surface area (Å²) in [5.41, 5.74) is 6.65. The molecule has 1 atom stereocenters. The number of hydrogen-bond donors (Lipinski definition) is 3. The quantitative estimate of drug-likeness (QED) is 0.317. The Morgan fingerprint density at radius 3 is 2.80 bits per heavy atom. The second kappa shape index (κ2) is 6.08. The number of rotatable bonds is 2. The number of nitrogens with two attached hydrogens (primary N) is 1. The second-order valence-electron chi connectivity index (χ2n) is 6.98. The van der Waals surface area contributed by atoms with Crippen molar-refractivity contribution in [3.63, 3.8) is 0 Å². The van der Waals surface area contributed by atoms with Crippen molar-refractivity contribution in [2.75, 3.05) is 0 Å². The van der Waals surface area contributed by atoms with Crippen LogP contribution < -0.4 is 11.2 Å². The van der Waals surface area contributed by atoms with Crippen LogP contribution in [0.25, 0.3) is 0 Å². The van der Waals surface area contributed by atoms with Gasteiger partial charge in [0.05, 0.1) is 0 Å². The number of aryl methyl sites for hydroxylation is 1. The third-order valence-electron chi connectivity index (χ3n) is 4.92. The van der Waals surface area contributed by atoms with Crippen molar-refractivity contribution < 1.29 is 14.4 Å². The van der Waals surface area contributed by atoms with Gasteiger partial charge in [0.25, 0.3) is 11.4 Å². The van der Waals surface area contributed by atoms with Gasteiger partial charge in [-0.05, 0) is 64.4 Å². The molecule has 1 fully saturated rings. The zero-order valence-corrected chi connectivity index (χ0v) is 15.4. The molecule has 0 radical (unpaired) electrons. The maximum Gasteiger partial charge on any atom is 0.292 e. The molecule has 1 spiro atoms. The summed E-state index contributed by atoms with van der Waals surface area (Å²) in [6, 6.07) is 3.54. The molecule has 1 aliphatic carbocycles. The molecule has 0 unspecified atom stereocenters. The molecule has 25 heavy (non-hydrogen) atoms. The predicted molar refractivity (Wildman–Crippen MR) is 97.4 cm³/mol. The van der Waals surface area contributed by atoms with E-state index in [0.717, 1.165) is 22.6 Å². The molecule has 8 nitrogen and oxygen atoms in total. The molecular formula is C16H23N5O3S. The summed E-state index contributed by atoms with van der Waals surface area (Å²) in [6.45, 7) is 5.38. The highest BCUT2D eigenvalue weighted by atomic mass is 32.1. The first kappa shape index (κ1) is 17.8. The Morgan fingerprint density at radius 2 is 2.20 bits per heavy atom. The minimum absolute atomic E-state index is 0.0123. The fourth-order valence-electron chi connectivity index (χ4n) is 3.77. The summed E-state index contributed by atoms with van der Waals surface area (Å²) < 4.78 is 6.51. The van der Waals surface area contributed by atoms with Crippen molar-refractivity contribution >= 4 is 28.8 Å². The Morgan fingerprint density at radius 1 is 1.48 bits per heavy atom. The molecule has 2 heterocycles. The van der Waals surface area contributed by atoms with Crippen LogP contribution >= 0.6 is 12.2 Å². The van der Waals surface area contributed by atoms with Gasteiger partial charge in [0.2, 0.25) is 0 Å². The number of furan rings is 1. The van der Waals surface area contributed by atoms with Crippen LogP contribution in [0.15, 0.2) is 21.7 Å². The maximum absolute atomic E-state index is 13.4. The number of hydrazone groups is 1. The molecule has 1 saturated carbocycles. The van der Waals surface area contributed by atoms with Crippen LogP contribution in [0.5, 0.6) is 0 Å². The van der Waals surface area contributed by atoms with E-state index >= 15 is 0 Å². The second-order valence-corrected chi connectivity index (χ2v) is 7.42. The zero-order valence-electron chi connectivity index (χ0n) is 14.6. The standard InChI is InChI=1S/C16H23N5O3S/c1-10-7-8-11(24-10)13-15(2,3)21(23)16(20(13)22)9-5-4-6-12(16)18-19-14(17)25/h7-8,23H,4-6,9H2,1-3H3,(H3,17,19,25)/b18-12-/t16-/m0/s1. The average molecular weight is 365 g/mol.